The molecule has 0 atom stereocenters. The topological polar surface area (TPSA) is 33.5 Å². The summed E-state index contributed by atoms with van der Waals surface area (Å²) in [5, 5.41) is 5.64. The van der Waals surface area contributed by atoms with Crippen LogP contribution in [0.25, 0.3) is 5.69 Å². The van der Waals surface area contributed by atoms with Gasteiger partial charge in [0.15, 0.2) is 0 Å². The van der Waals surface area contributed by atoms with Crippen molar-refractivity contribution < 1.29 is 4.74 Å². The highest BCUT2D eigenvalue weighted by atomic mass is 35.5. The van der Waals surface area contributed by atoms with Gasteiger partial charge in [-0.25, -0.2) is 4.68 Å². The molecule has 3 aromatic rings. The number of ether oxygens (including phenoxy) is 1. The van der Waals surface area contributed by atoms with E-state index >= 15 is 0 Å². The maximum Gasteiger partial charge on any atom is 0.0885 e. The Hall–Kier alpha value is -2.34. The summed E-state index contributed by atoms with van der Waals surface area (Å²) < 4.78 is 7.39. The molecular weight excluding hydrogens is 408 g/mol. The number of methoxy groups -OCH3 is 1. The molecule has 1 fully saturated rings. The highest BCUT2D eigenvalue weighted by Gasteiger charge is 2.17. The molecule has 6 heteroatoms. The second-order valence-corrected chi connectivity index (χ2v) is 8.51. The van der Waals surface area contributed by atoms with Crippen molar-refractivity contribution >= 4 is 17.3 Å². The van der Waals surface area contributed by atoms with Crippen LogP contribution >= 0.6 is 11.6 Å². The van der Waals surface area contributed by atoms with Crippen molar-refractivity contribution in [1.82, 2.24) is 14.7 Å². The van der Waals surface area contributed by atoms with Gasteiger partial charge in [-0.05, 0) is 68.3 Å². The van der Waals surface area contributed by atoms with Crippen molar-refractivity contribution in [1.29, 1.82) is 0 Å². The Morgan fingerprint density at radius 3 is 2.35 bits per heavy atom. The number of para-hydroxylation sites is 1. The lowest BCUT2D eigenvalue weighted by atomic mass is 10.1. The molecule has 5 nitrogen and oxygen atoms in total. The maximum atomic E-state index is 6.01. The summed E-state index contributed by atoms with van der Waals surface area (Å²) in [5.74, 6) is 0. The first-order valence-electron chi connectivity index (χ1n) is 11.1. The number of hydrogen-bond acceptors (Lipinski definition) is 4. The van der Waals surface area contributed by atoms with E-state index in [0.717, 1.165) is 67.7 Å². The molecule has 31 heavy (non-hydrogen) atoms. The van der Waals surface area contributed by atoms with Crippen LogP contribution in [0.4, 0.5) is 5.69 Å². The lowest BCUT2D eigenvalue weighted by Gasteiger charge is -2.36. The van der Waals surface area contributed by atoms with Gasteiger partial charge in [0.1, 0.15) is 0 Å². The molecule has 4 rings (SSSR count). The number of benzene rings is 2. The largest absolute Gasteiger partial charge is 0.378 e. The molecule has 0 saturated carbocycles. The Morgan fingerprint density at radius 2 is 1.65 bits per heavy atom. The Labute approximate surface area is 190 Å². The van der Waals surface area contributed by atoms with E-state index < -0.39 is 0 Å². The summed E-state index contributed by atoms with van der Waals surface area (Å²) in [6.07, 6.45) is 3.34. The standard InChI is InChI=1S/C25H31ClN4O/c1-31-20-25-19-22(27-30(25)24-8-3-2-4-9-24)7-5-6-14-28-15-17-29(18-16-28)23-12-10-21(26)11-13-23/h2-4,8-13,19H,5-7,14-18,20H2,1H3. The molecule has 1 aliphatic heterocycles. The molecule has 2 aromatic carbocycles. The first-order chi connectivity index (χ1) is 15.2. The highest BCUT2D eigenvalue weighted by molar-refractivity contribution is 6.30. The molecule has 1 saturated heterocycles. The third kappa shape index (κ3) is 5.88. The normalized spacial score (nSPS) is 14.8. The molecule has 0 radical (unpaired) electrons. The van der Waals surface area contributed by atoms with Gasteiger partial charge in [-0.1, -0.05) is 29.8 Å². The fraction of sp³-hybridized carbons (Fsp3) is 0.400. The van der Waals surface area contributed by atoms with Gasteiger partial charge in [-0.2, -0.15) is 5.10 Å². The zero-order chi connectivity index (χ0) is 21.5. The van der Waals surface area contributed by atoms with Crippen LogP contribution < -0.4 is 4.90 Å². The maximum absolute atomic E-state index is 6.01. The summed E-state index contributed by atoms with van der Waals surface area (Å²) in [4.78, 5) is 5.02. The Balaban J connectivity index is 1.23. The Morgan fingerprint density at radius 1 is 0.903 bits per heavy atom. The van der Waals surface area contributed by atoms with Crippen LogP contribution in [0.5, 0.6) is 0 Å². The van der Waals surface area contributed by atoms with Crippen molar-refractivity contribution in [2.75, 3.05) is 44.7 Å². The molecule has 0 unspecified atom stereocenters. The average Bonchev–Trinajstić information content (AvgIpc) is 3.21. The predicted molar refractivity (Wildman–Crippen MR) is 127 cm³/mol. The van der Waals surface area contributed by atoms with Crippen molar-refractivity contribution in [3.63, 3.8) is 0 Å². The zero-order valence-electron chi connectivity index (χ0n) is 18.2. The van der Waals surface area contributed by atoms with E-state index in [2.05, 4.69) is 40.1 Å². The number of hydrogen-bond donors (Lipinski definition) is 0. The van der Waals surface area contributed by atoms with E-state index in [0.29, 0.717) is 6.61 Å². The van der Waals surface area contributed by atoms with Crippen molar-refractivity contribution in [3.05, 3.63) is 77.1 Å². The van der Waals surface area contributed by atoms with E-state index in [1.165, 1.54) is 12.1 Å². The zero-order valence-corrected chi connectivity index (χ0v) is 19.0. The number of halogens is 1. The number of anilines is 1. The first-order valence-corrected chi connectivity index (χ1v) is 11.5. The summed E-state index contributed by atoms with van der Waals surface area (Å²) in [5.41, 5.74) is 4.59. The van der Waals surface area contributed by atoms with E-state index in [9.17, 15) is 0 Å². The van der Waals surface area contributed by atoms with Crippen LogP contribution in [0.2, 0.25) is 5.02 Å². The second-order valence-electron chi connectivity index (χ2n) is 8.07. The predicted octanol–water partition coefficient (Wildman–Crippen LogP) is 4.82. The molecule has 0 spiro atoms. The van der Waals surface area contributed by atoms with E-state index in [4.69, 9.17) is 21.4 Å². The van der Waals surface area contributed by atoms with Crippen LogP contribution in [0, 0.1) is 0 Å². The van der Waals surface area contributed by atoms with Crippen LogP contribution in [-0.4, -0.2) is 54.5 Å². The minimum atomic E-state index is 0.569. The van der Waals surface area contributed by atoms with E-state index in [-0.39, 0.29) is 0 Å². The molecule has 2 heterocycles. The number of unbranched alkanes of at least 4 members (excludes halogenated alkanes) is 1. The first kappa shape index (κ1) is 21.9. The minimum Gasteiger partial charge on any atom is -0.378 e. The fourth-order valence-electron chi connectivity index (χ4n) is 4.16. The number of aryl methyl sites for hydroxylation is 1. The molecule has 0 amide bonds. The van der Waals surface area contributed by atoms with Gasteiger partial charge < -0.3 is 9.64 Å². The summed E-state index contributed by atoms with van der Waals surface area (Å²) in [6.45, 7) is 6.10. The van der Waals surface area contributed by atoms with Gasteiger partial charge in [0.25, 0.3) is 0 Å². The minimum absolute atomic E-state index is 0.569. The number of aromatic nitrogens is 2. The molecule has 0 N–H and O–H groups in total. The lowest BCUT2D eigenvalue weighted by molar-refractivity contribution is 0.179. The number of piperazine rings is 1. The Bertz CT molecular complexity index is 934. The molecule has 0 aliphatic carbocycles. The summed E-state index contributed by atoms with van der Waals surface area (Å²) >= 11 is 6.01. The van der Waals surface area contributed by atoms with Crippen molar-refractivity contribution in [3.8, 4) is 5.69 Å². The van der Waals surface area contributed by atoms with Gasteiger partial charge in [-0.15, -0.1) is 0 Å². The molecule has 0 bridgehead atoms. The van der Waals surface area contributed by atoms with E-state index in [1.807, 2.05) is 35.0 Å². The van der Waals surface area contributed by atoms with E-state index in [1.54, 1.807) is 7.11 Å². The highest BCUT2D eigenvalue weighted by Crippen LogP contribution is 2.20. The summed E-state index contributed by atoms with van der Waals surface area (Å²) in [6, 6.07) is 20.6. The molecular formula is C25H31ClN4O. The van der Waals surface area contributed by atoms with Gasteiger partial charge in [0, 0.05) is 44.0 Å². The fourth-order valence-corrected chi connectivity index (χ4v) is 4.29. The third-order valence-corrected chi connectivity index (χ3v) is 6.10. The van der Waals surface area contributed by atoms with Gasteiger partial charge in [0.2, 0.25) is 0 Å². The summed E-state index contributed by atoms with van der Waals surface area (Å²) in [7, 11) is 1.73. The van der Waals surface area contributed by atoms with Crippen LogP contribution in [0.1, 0.15) is 24.2 Å². The molecule has 164 valence electrons. The molecule has 1 aromatic heterocycles. The van der Waals surface area contributed by atoms with Crippen molar-refractivity contribution in [2.45, 2.75) is 25.9 Å². The molecule has 1 aliphatic rings. The van der Waals surface area contributed by atoms with Crippen molar-refractivity contribution in [2.24, 2.45) is 0 Å². The van der Waals surface area contributed by atoms with Crippen LogP contribution in [0.3, 0.4) is 0 Å². The monoisotopic (exact) mass is 438 g/mol. The quantitative estimate of drug-likeness (QED) is 0.448. The second kappa shape index (κ2) is 10.8. The lowest BCUT2D eigenvalue weighted by Crippen LogP contribution is -2.46. The van der Waals surface area contributed by atoms with Crippen LogP contribution in [0.15, 0.2) is 60.7 Å². The smallest absolute Gasteiger partial charge is 0.0885 e. The third-order valence-electron chi connectivity index (χ3n) is 5.85. The van der Waals surface area contributed by atoms with Gasteiger partial charge in [0.05, 0.1) is 23.7 Å². The SMILES string of the molecule is COCc1cc(CCCCN2CCN(c3ccc(Cl)cc3)CC2)nn1-c1ccccc1. The Kier molecular flexibility index (Phi) is 7.62. The average molecular weight is 439 g/mol. The number of nitrogens with zero attached hydrogens (tertiary/aromatic N) is 4. The van der Waals surface area contributed by atoms with Gasteiger partial charge in [-0.3, -0.25) is 4.90 Å². The van der Waals surface area contributed by atoms with Gasteiger partial charge >= 0.3 is 0 Å². The van der Waals surface area contributed by atoms with Crippen LogP contribution in [-0.2, 0) is 17.8 Å². The number of rotatable bonds is 9.